The average Bonchev–Trinajstić information content (AvgIpc) is 2.48. The van der Waals surface area contributed by atoms with E-state index in [0.717, 1.165) is 6.21 Å². The van der Waals surface area contributed by atoms with Gasteiger partial charge in [-0.05, 0) is 19.4 Å². The average molecular weight is 306 g/mol. The Labute approximate surface area is 128 Å². The fourth-order valence-electron chi connectivity index (χ4n) is 1.69. The predicted octanol–water partition coefficient (Wildman–Crippen LogP) is 3.47. The maximum Gasteiger partial charge on any atom is 0.343 e. The largest absolute Gasteiger partial charge is 0.511 e. The summed E-state index contributed by atoms with van der Waals surface area (Å²) in [4.78, 5) is 26.1. The van der Waals surface area contributed by atoms with Gasteiger partial charge in [0.2, 0.25) is 0 Å². The first-order valence-corrected chi connectivity index (χ1v) is 6.87. The smallest absolute Gasteiger partial charge is 0.343 e. The fraction of sp³-hybridized carbons (Fsp3) is 0.333. The third-order valence-corrected chi connectivity index (χ3v) is 2.70. The molecule has 0 spiro atoms. The van der Waals surface area contributed by atoms with Gasteiger partial charge in [0.05, 0.1) is 11.5 Å². The molecule has 0 unspecified atom stereocenters. The molecule has 1 N–H and O–H groups in total. The molecule has 0 amide bonds. The summed E-state index contributed by atoms with van der Waals surface area (Å²) in [7, 11) is 0. The molecular formula is C15H18N2O5. The summed E-state index contributed by atoms with van der Waals surface area (Å²) in [5.41, 5.74) is -0.183. The maximum absolute atomic E-state index is 11.8. The van der Waals surface area contributed by atoms with Crippen LogP contribution in [0.3, 0.4) is 0 Å². The minimum absolute atomic E-state index is 0.0955. The fourth-order valence-corrected chi connectivity index (χ4v) is 1.69. The van der Waals surface area contributed by atoms with Gasteiger partial charge in [0, 0.05) is 18.7 Å². The SMILES string of the molecule is CCC/C(O)=C(/C=Nc1ccccc1[N+](=O)[O-])C(=O)OCC. The van der Waals surface area contributed by atoms with Gasteiger partial charge in [0.25, 0.3) is 5.69 Å². The second-order valence-corrected chi connectivity index (χ2v) is 4.33. The number of aliphatic hydroxyl groups is 1. The number of benzene rings is 1. The molecule has 1 aromatic carbocycles. The van der Waals surface area contributed by atoms with Crippen molar-refractivity contribution < 1.29 is 19.6 Å². The molecule has 0 saturated heterocycles. The number of aliphatic hydroxyl groups excluding tert-OH is 1. The van der Waals surface area contributed by atoms with Gasteiger partial charge in [-0.2, -0.15) is 0 Å². The van der Waals surface area contributed by atoms with Crippen LogP contribution in [0.1, 0.15) is 26.7 Å². The first-order valence-electron chi connectivity index (χ1n) is 6.87. The van der Waals surface area contributed by atoms with Crippen molar-refractivity contribution >= 4 is 23.6 Å². The van der Waals surface area contributed by atoms with Gasteiger partial charge < -0.3 is 9.84 Å². The Morgan fingerprint density at radius 2 is 2.09 bits per heavy atom. The van der Waals surface area contributed by atoms with Crippen molar-refractivity contribution in [3.8, 4) is 0 Å². The summed E-state index contributed by atoms with van der Waals surface area (Å²) >= 11 is 0. The monoisotopic (exact) mass is 306 g/mol. The summed E-state index contributed by atoms with van der Waals surface area (Å²) in [6, 6.07) is 5.88. The predicted molar refractivity (Wildman–Crippen MR) is 82.4 cm³/mol. The zero-order valence-electron chi connectivity index (χ0n) is 12.5. The number of carbonyl (C=O) groups excluding carboxylic acids is 1. The van der Waals surface area contributed by atoms with E-state index in [0.29, 0.717) is 6.42 Å². The second-order valence-electron chi connectivity index (χ2n) is 4.33. The summed E-state index contributed by atoms with van der Waals surface area (Å²) in [5.74, 6) is -0.862. The topological polar surface area (TPSA) is 102 Å². The van der Waals surface area contributed by atoms with Crippen LogP contribution < -0.4 is 0 Å². The second kappa shape index (κ2) is 8.56. The van der Waals surface area contributed by atoms with Crippen LogP contribution in [0.15, 0.2) is 40.6 Å². The minimum Gasteiger partial charge on any atom is -0.511 e. The van der Waals surface area contributed by atoms with Gasteiger partial charge in [-0.3, -0.25) is 10.1 Å². The molecule has 0 saturated carbocycles. The van der Waals surface area contributed by atoms with Crippen molar-refractivity contribution in [2.45, 2.75) is 26.7 Å². The van der Waals surface area contributed by atoms with Gasteiger partial charge in [-0.25, -0.2) is 9.79 Å². The number of allylic oxidation sites excluding steroid dienone is 1. The molecule has 7 nitrogen and oxygen atoms in total. The molecular weight excluding hydrogens is 288 g/mol. The number of rotatable bonds is 7. The molecule has 0 aliphatic heterocycles. The van der Waals surface area contributed by atoms with Crippen molar-refractivity contribution in [1.82, 2.24) is 0 Å². The highest BCUT2D eigenvalue weighted by Gasteiger charge is 2.16. The van der Waals surface area contributed by atoms with Crippen molar-refractivity contribution in [1.29, 1.82) is 0 Å². The van der Waals surface area contributed by atoms with E-state index < -0.39 is 10.9 Å². The first kappa shape index (κ1) is 17.4. The van der Waals surface area contributed by atoms with Crippen LogP contribution in [0.5, 0.6) is 0 Å². The van der Waals surface area contributed by atoms with Crippen LogP contribution in [-0.2, 0) is 9.53 Å². The van der Waals surface area contributed by atoms with Gasteiger partial charge in [0.1, 0.15) is 17.0 Å². The summed E-state index contributed by atoms with van der Waals surface area (Å²) < 4.78 is 4.86. The molecule has 0 radical (unpaired) electrons. The van der Waals surface area contributed by atoms with Crippen LogP contribution in [-0.4, -0.2) is 28.8 Å². The summed E-state index contributed by atoms with van der Waals surface area (Å²) in [6.45, 7) is 3.64. The van der Waals surface area contributed by atoms with Crippen LogP contribution in [0.25, 0.3) is 0 Å². The van der Waals surface area contributed by atoms with Crippen molar-refractivity contribution in [2.24, 2.45) is 4.99 Å². The highest BCUT2D eigenvalue weighted by molar-refractivity contribution is 6.10. The van der Waals surface area contributed by atoms with Gasteiger partial charge >= 0.3 is 5.97 Å². The molecule has 0 aliphatic carbocycles. The van der Waals surface area contributed by atoms with Crippen molar-refractivity contribution in [3.05, 3.63) is 45.7 Å². The number of hydrogen-bond donors (Lipinski definition) is 1. The zero-order valence-corrected chi connectivity index (χ0v) is 12.5. The molecule has 0 aromatic heterocycles. The molecule has 0 heterocycles. The molecule has 1 rings (SSSR count). The van der Waals surface area contributed by atoms with E-state index in [-0.39, 0.29) is 35.7 Å². The lowest BCUT2D eigenvalue weighted by Gasteiger charge is -2.05. The van der Waals surface area contributed by atoms with Gasteiger partial charge in [0.15, 0.2) is 0 Å². The minimum atomic E-state index is -0.712. The highest BCUT2D eigenvalue weighted by Crippen LogP contribution is 2.26. The lowest BCUT2D eigenvalue weighted by molar-refractivity contribution is -0.384. The van der Waals surface area contributed by atoms with Crippen LogP contribution >= 0.6 is 0 Å². The zero-order chi connectivity index (χ0) is 16.5. The normalized spacial score (nSPS) is 12.1. The third kappa shape index (κ3) is 4.69. The van der Waals surface area contributed by atoms with Gasteiger partial charge in [-0.15, -0.1) is 0 Å². The lowest BCUT2D eigenvalue weighted by atomic mass is 10.1. The van der Waals surface area contributed by atoms with E-state index in [1.165, 1.54) is 18.2 Å². The number of nitro benzene ring substituents is 1. The lowest BCUT2D eigenvalue weighted by Crippen LogP contribution is -2.11. The number of nitrogens with zero attached hydrogens (tertiary/aromatic N) is 2. The highest BCUT2D eigenvalue weighted by atomic mass is 16.6. The summed E-state index contributed by atoms with van der Waals surface area (Å²) in [6.07, 6.45) is 2.02. The molecule has 118 valence electrons. The number of nitro groups is 1. The molecule has 0 fully saturated rings. The number of ether oxygens (including phenoxy) is 1. The molecule has 22 heavy (non-hydrogen) atoms. The Bertz CT molecular complexity index is 608. The summed E-state index contributed by atoms with van der Waals surface area (Å²) in [5, 5.41) is 20.8. The molecule has 0 bridgehead atoms. The number of carbonyl (C=O) groups is 1. The first-order chi connectivity index (χ1) is 10.5. The standard InChI is InChI=1S/C15H18N2O5/c1-3-7-14(18)11(15(19)22-4-2)10-16-12-8-5-6-9-13(12)17(20)21/h5-6,8-10,18H,3-4,7H2,1-2H3/b14-11+,16-10?. The van der Waals surface area contributed by atoms with Crippen LogP contribution in [0.4, 0.5) is 11.4 Å². The number of hydrogen-bond acceptors (Lipinski definition) is 6. The Morgan fingerprint density at radius 3 is 2.68 bits per heavy atom. The number of para-hydroxylation sites is 2. The maximum atomic E-state index is 11.8. The van der Waals surface area contributed by atoms with Crippen LogP contribution in [0.2, 0.25) is 0 Å². The Kier molecular flexibility index (Phi) is 6.75. The number of esters is 1. The molecule has 1 aromatic rings. The van der Waals surface area contributed by atoms with Crippen molar-refractivity contribution in [3.63, 3.8) is 0 Å². The van der Waals surface area contributed by atoms with E-state index in [2.05, 4.69) is 4.99 Å². The molecule has 7 heteroatoms. The quantitative estimate of drug-likeness (QED) is 0.207. The molecule has 0 atom stereocenters. The molecule has 0 aliphatic rings. The van der Waals surface area contributed by atoms with E-state index in [1.807, 2.05) is 6.92 Å². The third-order valence-electron chi connectivity index (χ3n) is 2.70. The Morgan fingerprint density at radius 1 is 1.41 bits per heavy atom. The number of aliphatic imine (C=N–C) groups is 1. The van der Waals surface area contributed by atoms with Crippen LogP contribution in [0, 0.1) is 10.1 Å². The van der Waals surface area contributed by atoms with E-state index >= 15 is 0 Å². The van der Waals surface area contributed by atoms with Gasteiger partial charge in [-0.1, -0.05) is 19.1 Å². The van der Waals surface area contributed by atoms with Crippen molar-refractivity contribution in [2.75, 3.05) is 6.61 Å². The van der Waals surface area contributed by atoms with E-state index in [9.17, 15) is 20.0 Å². The van der Waals surface area contributed by atoms with E-state index in [4.69, 9.17) is 4.74 Å². The Hall–Kier alpha value is -2.70. The Balaban J connectivity index is 3.17. The van der Waals surface area contributed by atoms with E-state index in [1.54, 1.807) is 13.0 Å².